The molecular formula is C26H25N3O2. The molecule has 0 atom stereocenters. The zero-order chi connectivity index (χ0) is 22.0. The Morgan fingerprint density at radius 3 is 2.45 bits per heavy atom. The van der Waals surface area contributed by atoms with Crippen molar-refractivity contribution in [2.24, 2.45) is 0 Å². The first-order chi connectivity index (χ1) is 14.8. The van der Waals surface area contributed by atoms with Crippen LogP contribution in [0.4, 0.5) is 11.5 Å². The van der Waals surface area contributed by atoms with Crippen LogP contribution in [-0.4, -0.2) is 10.9 Å². The van der Waals surface area contributed by atoms with E-state index in [0.29, 0.717) is 22.9 Å². The van der Waals surface area contributed by atoms with E-state index in [1.807, 2.05) is 54.6 Å². The minimum atomic E-state index is -0.152. The number of hydrogen-bond acceptors (Lipinski definition) is 4. The molecule has 5 nitrogen and oxygen atoms in total. The van der Waals surface area contributed by atoms with Crippen LogP contribution in [0, 0.1) is 0 Å². The Kier molecular flexibility index (Phi) is 5.34. The van der Waals surface area contributed by atoms with E-state index in [0.717, 1.165) is 16.5 Å². The van der Waals surface area contributed by atoms with E-state index in [1.54, 1.807) is 18.3 Å². The standard InChI is InChI=1S/C26H25N3O2/c1-26(2,3)20-5-4-6-21(15-20)29-25(30)18-8-7-17-9-10-22(14-19(17)13-18)31-23-11-12-28-24(27)16-23/h4-16H,1-3H3,(H2,27,28)(H,29,30). The van der Waals surface area contributed by atoms with Crippen LogP contribution in [0.25, 0.3) is 10.8 Å². The predicted octanol–water partition coefficient (Wildman–Crippen LogP) is 6.16. The second-order valence-corrected chi connectivity index (χ2v) is 8.53. The smallest absolute Gasteiger partial charge is 0.255 e. The van der Waals surface area contributed by atoms with Crippen LogP contribution in [0.1, 0.15) is 36.7 Å². The van der Waals surface area contributed by atoms with Gasteiger partial charge in [-0.15, -0.1) is 0 Å². The van der Waals surface area contributed by atoms with Crippen molar-refractivity contribution < 1.29 is 9.53 Å². The number of rotatable bonds is 4. The first-order valence-corrected chi connectivity index (χ1v) is 10.1. The van der Waals surface area contributed by atoms with Crippen molar-refractivity contribution in [1.82, 2.24) is 4.98 Å². The van der Waals surface area contributed by atoms with Gasteiger partial charge in [0.2, 0.25) is 0 Å². The summed E-state index contributed by atoms with van der Waals surface area (Å²) in [6.07, 6.45) is 1.60. The Morgan fingerprint density at radius 2 is 1.68 bits per heavy atom. The minimum absolute atomic E-state index is 0.0135. The summed E-state index contributed by atoms with van der Waals surface area (Å²) >= 11 is 0. The van der Waals surface area contributed by atoms with Gasteiger partial charge in [-0.3, -0.25) is 4.79 Å². The van der Waals surface area contributed by atoms with Gasteiger partial charge in [-0.05, 0) is 64.2 Å². The van der Waals surface area contributed by atoms with Gasteiger partial charge >= 0.3 is 0 Å². The molecule has 1 amide bonds. The molecule has 0 fully saturated rings. The van der Waals surface area contributed by atoms with Gasteiger partial charge in [0.25, 0.3) is 5.91 Å². The number of nitrogen functional groups attached to an aromatic ring is 1. The topological polar surface area (TPSA) is 77.2 Å². The largest absolute Gasteiger partial charge is 0.457 e. The van der Waals surface area contributed by atoms with Crippen LogP contribution in [0.15, 0.2) is 79.0 Å². The molecule has 31 heavy (non-hydrogen) atoms. The van der Waals surface area contributed by atoms with Gasteiger partial charge in [0.1, 0.15) is 17.3 Å². The molecular weight excluding hydrogens is 386 g/mol. The van der Waals surface area contributed by atoms with E-state index < -0.39 is 0 Å². The zero-order valence-electron chi connectivity index (χ0n) is 17.8. The molecule has 3 N–H and O–H groups in total. The average molecular weight is 412 g/mol. The summed E-state index contributed by atoms with van der Waals surface area (Å²) in [6.45, 7) is 6.45. The Labute approximate surface area is 181 Å². The summed E-state index contributed by atoms with van der Waals surface area (Å²) in [5, 5.41) is 4.94. The number of aromatic nitrogens is 1. The quantitative estimate of drug-likeness (QED) is 0.422. The van der Waals surface area contributed by atoms with Crippen molar-refractivity contribution in [3.63, 3.8) is 0 Å². The van der Waals surface area contributed by atoms with Crippen molar-refractivity contribution >= 4 is 28.2 Å². The third kappa shape index (κ3) is 4.83. The SMILES string of the molecule is CC(C)(C)c1cccc(NC(=O)c2ccc3ccc(Oc4ccnc(N)c4)cc3c2)c1. The number of nitrogens with zero attached hydrogens (tertiary/aromatic N) is 1. The molecule has 0 saturated heterocycles. The molecule has 0 aliphatic heterocycles. The molecule has 5 heteroatoms. The van der Waals surface area contributed by atoms with Crippen molar-refractivity contribution in [2.45, 2.75) is 26.2 Å². The third-order valence-electron chi connectivity index (χ3n) is 5.05. The molecule has 0 bridgehead atoms. The first-order valence-electron chi connectivity index (χ1n) is 10.1. The lowest BCUT2D eigenvalue weighted by Crippen LogP contribution is -2.14. The zero-order valence-corrected chi connectivity index (χ0v) is 17.8. The summed E-state index contributed by atoms with van der Waals surface area (Å²) in [5.41, 5.74) is 8.26. The summed E-state index contributed by atoms with van der Waals surface area (Å²) in [6, 6.07) is 22.8. The summed E-state index contributed by atoms with van der Waals surface area (Å²) in [4.78, 5) is 16.8. The fourth-order valence-corrected chi connectivity index (χ4v) is 3.32. The van der Waals surface area contributed by atoms with Crippen LogP contribution in [-0.2, 0) is 5.41 Å². The van der Waals surface area contributed by atoms with E-state index in [2.05, 4.69) is 37.1 Å². The van der Waals surface area contributed by atoms with Gasteiger partial charge in [-0.1, -0.05) is 45.0 Å². The summed E-state index contributed by atoms with van der Waals surface area (Å²) in [7, 11) is 0. The lowest BCUT2D eigenvalue weighted by atomic mass is 9.87. The number of carbonyl (C=O) groups is 1. The molecule has 4 rings (SSSR count). The Balaban J connectivity index is 1.57. The Morgan fingerprint density at radius 1 is 0.903 bits per heavy atom. The van der Waals surface area contributed by atoms with Gasteiger partial charge in [-0.2, -0.15) is 0 Å². The number of benzene rings is 3. The average Bonchev–Trinajstić information content (AvgIpc) is 2.73. The van der Waals surface area contributed by atoms with Crippen LogP contribution in [0.2, 0.25) is 0 Å². The molecule has 156 valence electrons. The highest BCUT2D eigenvalue weighted by molar-refractivity contribution is 6.06. The molecule has 0 spiro atoms. The number of hydrogen-bond donors (Lipinski definition) is 2. The van der Waals surface area contributed by atoms with Crippen molar-refractivity contribution in [2.75, 3.05) is 11.1 Å². The molecule has 3 aromatic carbocycles. The minimum Gasteiger partial charge on any atom is -0.457 e. The number of carbonyl (C=O) groups excluding carboxylic acids is 1. The van der Waals surface area contributed by atoms with Crippen LogP contribution in [0.3, 0.4) is 0 Å². The molecule has 1 heterocycles. The maximum atomic E-state index is 12.9. The van der Waals surface area contributed by atoms with Gasteiger partial charge in [0, 0.05) is 23.5 Å². The van der Waals surface area contributed by atoms with Crippen molar-refractivity contribution in [1.29, 1.82) is 0 Å². The maximum Gasteiger partial charge on any atom is 0.255 e. The number of amides is 1. The summed E-state index contributed by atoms with van der Waals surface area (Å²) in [5.74, 6) is 1.52. The lowest BCUT2D eigenvalue weighted by Gasteiger charge is -2.20. The van der Waals surface area contributed by atoms with E-state index in [-0.39, 0.29) is 11.3 Å². The molecule has 0 saturated carbocycles. The van der Waals surface area contributed by atoms with Gasteiger partial charge in [-0.25, -0.2) is 4.98 Å². The second-order valence-electron chi connectivity index (χ2n) is 8.53. The number of pyridine rings is 1. The van der Waals surface area contributed by atoms with Crippen molar-refractivity contribution in [3.8, 4) is 11.5 Å². The molecule has 1 aromatic heterocycles. The highest BCUT2D eigenvalue weighted by Gasteiger charge is 2.15. The molecule has 0 aliphatic rings. The van der Waals surface area contributed by atoms with Gasteiger partial charge in [0.15, 0.2) is 0 Å². The normalized spacial score (nSPS) is 11.3. The maximum absolute atomic E-state index is 12.9. The van der Waals surface area contributed by atoms with E-state index in [9.17, 15) is 4.79 Å². The molecule has 4 aromatic rings. The highest BCUT2D eigenvalue weighted by Crippen LogP contribution is 2.28. The fourth-order valence-electron chi connectivity index (χ4n) is 3.32. The van der Waals surface area contributed by atoms with Crippen LogP contribution in [0.5, 0.6) is 11.5 Å². The molecule has 0 radical (unpaired) electrons. The first kappa shape index (κ1) is 20.4. The van der Waals surface area contributed by atoms with E-state index in [1.165, 1.54) is 5.56 Å². The summed E-state index contributed by atoms with van der Waals surface area (Å²) < 4.78 is 5.89. The lowest BCUT2D eigenvalue weighted by molar-refractivity contribution is 0.102. The fraction of sp³-hybridized carbons (Fsp3) is 0.154. The predicted molar refractivity (Wildman–Crippen MR) is 126 cm³/mol. The monoisotopic (exact) mass is 411 g/mol. The Hall–Kier alpha value is -3.86. The number of anilines is 2. The van der Waals surface area contributed by atoms with E-state index in [4.69, 9.17) is 10.5 Å². The highest BCUT2D eigenvalue weighted by atomic mass is 16.5. The van der Waals surface area contributed by atoms with Crippen molar-refractivity contribution in [3.05, 3.63) is 90.1 Å². The molecule has 0 unspecified atom stereocenters. The van der Waals surface area contributed by atoms with E-state index >= 15 is 0 Å². The number of ether oxygens (including phenoxy) is 1. The number of fused-ring (bicyclic) bond motifs is 1. The molecule has 0 aliphatic carbocycles. The second kappa shape index (κ2) is 8.11. The third-order valence-corrected chi connectivity index (χ3v) is 5.05. The van der Waals surface area contributed by atoms with Crippen LogP contribution >= 0.6 is 0 Å². The van der Waals surface area contributed by atoms with Gasteiger partial charge in [0.05, 0.1) is 0 Å². The number of nitrogens with one attached hydrogen (secondary N) is 1. The number of nitrogens with two attached hydrogens (primary N) is 1. The van der Waals surface area contributed by atoms with Crippen LogP contribution < -0.4 is 15.8 Å². The Bertz CT molecular complexity index is 1260. The van der Waals surface area contributed by atoms with Gasteiger partial charge < -0.3 is 15.8 Å².